The number of anilines is 1. The second kappa shape index (κ2) is 8.32. The maximum absolute atomic E-state index is 13.1. The Bertz CT molecular complexity index is 1280. The van der Waals surface area contributed by atoms with Crippen molar-refractivity contribution < 1.29 is 9.53 Å². The summed E-state index contributed by atoms with van der Waals surface area (Å²) in [4.78, 5) is 19.9. The van der Waals surface area contributed by atoms with Crippen molar-refractivity contribution in [3.63, 3.8) is 0 Å². The number of benzene rings is 3. The van der Waals surface area contributed by atoms with E-state index in [-0.39, 0.29) is 17.9 Å². The topological polar surface area (TPSA) is 47.4 Å². The van der Waals surface area contributed by atoms with Crippen molar-refractivity contribution in [1.29, 1.82) is 0 Å². The van der Waals surface area contributed by atoms with Crippen LogP contribution in [0, 0.1) is 0 Å². The lowest BCUT2D eigenvalue weighted by Gasteiger charge is -2.22. The van der Waals surface area contributed by atoms with Gasteiger partial charge in [-0.05, 0) is 42.8 Å². The van der Waals surface area contributed by atoms with Gasteiger partial charge in [-0.25, -0.2) is 4.98 Å². The maximum atomic E-state index is 13.1. The molecule has 0 aliphatic carbocycles. The average molecular weight is 446 g/mol. The van der Waals surface area contributed by atoms with Crippen LogP contribution >= 0.6 is 11.6 Å². The number of amides is 1. The van der Waals surface area contributed by atoms with Crippen molar-refractivity contribution in [3.8, 4) is 5.75 Å². The fraction of sp³-hybridized carbons (Fsp3) is 0.231. The molecule has 2 heterocycles. The summed E-state index contributed by atoms with van der Waals surface area (Å²) in [7, 11) is 1.60. The molecule has 3 aromatic carbocycles. The number of methoxy groups -OCH3 is 1. The molecule has 0 bridgehead atoms. The fourth-order valence-electron chi connectivity index (χ4n) is 4.63. The Morgan fingerprint density at radius 2 is 1.81 bits per heavy atom. The van der Waals surface area contributed by atoms with Crippen molar-refractivity contribution in [3.05, 3.63) is 89.2 Å². The second-order valence-corrected chi connectivity index (χ2v) is 8.57. The Morgan fingerprint density at radius 1 is 1.06 bits per heavy atom. The first-order valence-corrected chi connectivity index (χ1v) is 11.1. The highest BCUT2D eigenvalue weighted by Gasteiger charge is 2.36. The van der Waals surface area contributed by atoms with Gasteiger partial charge in [-0.3, -0.25) is 4.79 Å². The molecule has 1 fully saturated rings. The summed E-state index contributed by atoms with van der Waals surface area (Å²) < 4.78 is 7.78. The summed E-state index contributed by atoms with van der Waals surface area (Å²) in [6.45, 7) is 2.71. The standard InChI is InChI=1S/C26H24ClN3O2/c1-17(18-8-4-3-5-9-18)30-22-11-7-6-10-21(22)28-26(30)19-14-25(31)29(16-19)23-15-20(27)12-13-24(23)32-2/h3-13,15,17,19H,14,16H2,1-2H3/t17-,19+/m0/s1. The molecule has 162 valence electrons. The first kappa shape index (κ1) is 20.6. The van der Waals surface area contributed by atoms with Crippen molar-refractivity contribution in [2.75, 3.05) is 18.6 Å². The number of fused-ring (bicyclic) bond motifs is 1. The van der Waals surface area contributed by atoms with Gasteiger partial charge in [-0.2, -0.15) is 0 Å². The lowest BCUT2D eigenvalue weighted by molar-refractivity contribution is -0.117. The number of aromatic nitrogens is 2. The molecule has 1 amide bonds. The van der Waals surface area contributed by atoms with Crippen LogP contribution in [-0.4, -0.2) is 29.1 Å². The minimum absolute atomic E-state index is 0.0373. The lowest BCUT2D eigenvalue weighted by atomic mass is 10.0. The number of hydrogen-bond acceptors (Lipinski definition) is 3. The number of halogens is 1. The SMILES string of the molecule is COc1ccc(Cl)cc1N1C[C@H](c2nc3ccccc3n2[C@@H](C)c2ccccc2)CC1=O. The third kappa shape index (κ3) is 3.53. The smallest absolute Gasteiger partial charge is 0.227 e. The quantitative estimate of drug-likeness (QED) is 0.388. The van der Waals surface area contributed by atoms with Crippen LogP contribution in [0.5, 0.6) is 5.75 Å². The molecule has 0 N–H and O–H groups in total. The van der Waals surface area contributed by atoms with Gasteiger partial charge >= 0.3 is 0 Å². The van der Waals surface area contributed by atoms with Gasteiger partial charge in [-0.1, -0.05) is 54.1 Å². The van der Waals surface area contributed by atoms with Crippen LogP contribution < -0.4 is 9.64 Å². The Hall–Kier alpha value is -3.31. The minimum atomic E-state index is -0.0373. The summed E-state index contributed by atoms with van der Waals surface area (Å²) in [5.41, 5.74) is 3.92. The van der Waals surface area contributed by atoms with Gasteiger partial charge in [0.15, 0.2) is 0 Å². The third-order valence-corrected chi connectivity index (χ3v) is 6.45. The molecule has 32 heavy (non-hydrogen) atoms. The molecule has 4 aromatic rings. The molecule has 0 spiro atoms. The summed E-state index contributed by atoms with van der Waals surface area (Å²) >= 11 is 6.23. The summed E-state index contributed by atoms with van der Waals surface area (Å²) in [6, 6.07) is 24.0. The van der Waals surface area contributed by atoms with E-state index < -0.39 is 0 Å². The molecular formula is C26H24ClN3O2. The molecule has 5 rings (SSSR count). The van der Waals surface area contributed by atoms with E-state index in [1.165, 1.54) is 5.56 Å². The number of ether oxygens (including phenoxy) is 1. The number of nitrogens with zero attached hydrogens (tertiary/aromatic N) is 3. The largest absolute Gasteiger partial charge is 0.495 e. The van der Waals surface area contributed by atoms with Crippen LogP contribution in [-0.2, 0) is 4.79 Å². The molecule has 5 nitrogen and oxygen atoms in total. The van der Waals surface area contributed by atoms with E-state index in [0.717, 1.165) is 16.9 Å². The van der Waals surface area contributed by atoms with Crippen LogP contribution in [0.1, 0.15) is 36.7 Å². The number of para-hydroxylation sites is 2. The van der Waals surface area contributed by atoms with E-state index >= 15 is 0 Å². The zero-order valence-corrected chi connectivity index (χ0v) is 18.8. The molecule has 0 unspecified atom stereocenters. The van der Waals surface area contributed by atoms with E-state index in [1.54, 1.807) is 30.2 Å². The van der Waals surface area contributed by atoms with E-state index in [2.05, 4.69) is 41.8 Å². The van der Waals surface area contributed by atoms with E-state index in [1.807, 2.05) is 24.3 Å². The Balaban J connectivity index is 1.57. The summed E-state index contributed by atoms with van der Waals surface area (Å²) in [6.07, 6.45) is 0.389. The van der Waals surface area contributed by atoms with Crippen LogP contribution in [0.15, 0.2) is 72.8 Å². The van der Waals surface area contributed by atoms with Crippen molar-refractivity contribution in [1.82, 2.24) is 9.55 Å². The van der Waals surface area contributed by atoms with Crippen LogP contribution in [0.3, 0.4) is 0 Å². The number of imidazole rings is 1. The fourth-order valence-corrected chi connectivity index (χ4v) is 4.79. The molecule has 0 radical (unpaired) electrons. The highest BCUT2D eigenvalue weighted by molar-refractivity contribution is 6.31. The Morgan fingerprint density at radius 3 is 2.59 bits per heavy atom. The first-order chi connectivity index (χ1) is 15.6. The summed E-state index contributed by atoms with van der Waals surface area (Å²) in [5.74, 6) is 1.57. The molecule has 1 aromatic heterocycles. The minimum Gasteiger partial charge on any atom is -0.495 e. The Labute approximate surface area is 192 Å². The highest BCUT2D eigenvalue weighted by atomic mass is 35.5. The van der Waals surface area contributed by atoms with Crippen molar-refractivity contribution in [2.24, 2.45) is 0 Å². The van der Waals surface area contributed by atoms with E-state index in [4.69, 9.17) is 21.3 Å². The number of carbonyl (C=O) groups is 1. The normalized spacial score (nSPS) is 17.2. The molecular weight excluding hydrogens is 422 g/mol. The molecule has 1 aliphatic rings. The van der Waals surface area contributed by atoms with Gasteiger partial charge in [0, 0.05) is 23.9 Å². The van der Waals surface area contributed by atoms with Crippen LogP contribution in [0.25, 0.3) is 11.0 Å². The zero-order valence-electron chi connectivity index (χ0n) is 18.0. The number of hydrogen-bond donors (Lipinski definition) is 0. The molecule has 2 atom stereocenters. The van der Waals surface area contributed by atoms with Gasteiger partial charge in [-0.15, -0.1) is 0 Å². The van der Waals surface area contributed by atoms with Gasteiger partial charge in [0.2, 0.25) is 5.91 Å². The third-order valence-electron chi connectivity index (χ3n) is 6.21. The van der Waals surface area contributed by atoms with E-state index in [0.29, 0.717) is 29.4 Å². The molecule has 0 saturated carbocycles. The highest BCUT2D eigenvalue weighted by Crippen LogP contribution is 2.39. The average Bonchev–Trinajstić information content (AvgIpc) is 3.39. The maximum Gasteiger partial charge on any atom is 0.227 e. The Kier molecular flexibility index (Phi) is 5.35. The second-order valence-electron chi connectivity index (χ2n) is 8.14. The van der Waals surface area contributed by atoms with Crippen LogP contribution in [0.2, 0.25) is 5.02 Å². The van der Waals surface area contributed by atoms with Crippen molar-refractivity contribution >= 4 is 34.2 Å². The van der Waals surface area contributed by atoms with E-state index in [9.17, 15) is 4.79 Å². The van der Waals surface area contributed by atoms with Gasteiger partial charge < -0.3 is 14.2 Å². The lowest BCUT2D eigenvalue weighted by Crippen LogP contribution is -2.25. The van der Waals surface area contributed by atoms with Gasteiger partial charge in [0.25, 0.3) is 0 Å². The molecule has 6 heteroatoms. The first-order valence-electron chi connectivity index (χ1n) is 10.7. The predicted octanol–water partition coefficient (Wildman–Crippen LogP) is 5.83. The predicted molar refractivity (Wildman–Crippen MR) is 128 cm³/mol. The van der Waals surface area contributed by atoms with Gasteiger partial charge in [0.1, 0.15) is 11.6 Å². The molecule has 1 aliphatic heterocycles. The van der Waals surface area contributed by atoms with Crippen LogP contribution in [0.4, 0.5) is 5.69 Å². The number of rotatable bonds is 5. The molecule has 1 saturated heterocycles. The number of carbonyl (C=O) groups excluding carboxylic acids is 1. The van der Waals surface area contributed by atoms with Gasteiger partial charge in [0.05, 0.1) is 29.9 Å². The van der Waals surface area contributed by atoms with Crippen molar-refractivity contribution in [2.45, 2.75) is 25.3 Å². The monoisotopic (exact) mass is 445 g/mol. The summed E-state index contributed by atoms with van der Waals surface area (Å²) in [5, 5.41) is 0.571. The zero-order chi connectivity index (χ0) is 22.2.